The second-order valence-electron chi connectivity index (χ2n) is 5.62. The molecule has 0 aliphatic heterocycles. The lowest BCUT2D eigenvalue weighted by Crippen LogP contribution is -2.28. The van der Waals surface area contributed by atoms with E-state index < -0.39 is 16.9 Å². The lowest BCUT2D eigenvalue weighted by molar-refractivity contribution is -0.137. The topological polar surface area (TPSA) is 97.2 Å². The van der Waals surface area contributed by atoms with E-state index in [4.69, 9.17) is 17.0 Å². The summed E-state index contributed by atoms with van der Waals surface area (Å²) < 4.78 is 38.2. The van der Waals surface area contributed by atoms with Gasteiger partial charge in [0.1, 0.15) is 10.7 Å². The summed E-state index contributed by atoms with van der Waals surface area (Å²) in [5, 5.41) is 20.4. The maximum atomic E-state index is 12.7. The Morgan fingerprint density at radius 2 is 2.00 bits per heavy atom. The zero-order chi connectivity index (χ0) is 18.9. The van der Waals surface area contributed by atoms with E-state index in [1.165, 1.54) is 0 Å². The number of hydrogen-bond acceptors (Lipinski definition) is 7. The summed E-state index contributed by atoms with van der Waals surface area (Å²) in [6.45, 7) is 0. The van der Waals surface area contributed by atoms with E-state index in [2.05, 4.69) is 20.7 Å². The number of rotatable bonds is 6. The second kappa shape index (κ2) is 7.06. The molecule has 1 saturated carbocycles. The molecular weight excluding hydrogens is 373 g/mol. The van der Waals surface area contributed by atoms with Crippen LogP contribution in [0.1, 0.15) is 24.0 Å². The van der Waals surface area contributed by atoms with Crippen molar-refractivity contribution in [3.63, 3.8) is 0 Å². The van der Waals surface area contributed by atoms with Crippen molar-refractivity contribution < 1.29 is 18.4 Å². The average Bonchev–Trinajstić information content (AvgIpc) is 3.39. The van der Waals surface area contributed by atoms with E-state index in [0.717, 1.165) is 24.2 Å². The predicted octanol–water partition coefficient (Wildman–Crippen LogP) is 4.07. The van der Waals surface area contributed by atoms with Crippen LogP contribution < -0.4 is 10.7 Å². The minimum atomic E-state index is -4.65. The van der Waals surface area contributed by atoms with Crippen LogP contribution in [0.25, 0.3) is 0 Å². The van der Waals surface area contributed by atoms with Crippen molar-refractivity contribution >= 4 is 35.1 Å². The molecule has 1 heterocycles. The number of benzene rings is 1. The van der Waals surface area contributed by atoms with Gasteiger partial charge in [0, 0.05) is 18.0 Å². The molecule has 26 heavy (non-hydrogen) atoms. The van der Waals surface area contributed by atoms with Crippen molar-refractivity contribution in [3.05, 3.63) is 40.7 Å². The molecule has 0 radical (unpaired) electrons. The third-order valence-corrected chi connectivity index (χ3v) is 3.96. The number of hydroxylamine groups is 1. The Labute approximate surface area is 151 Å². The number of alkyl halides is 3. The minimum absolute atomic E-state index is 0.0160. The van der Waals surface area contributed by atoms with E-state index in [0.29, 0.717) is 23.1 Å². The molecule has 0 unspecified atom stereocenters. The van der Waals surface area contributed by atoms with Gasteiger partial charge >= 0.3 is 6.18 Å². The van der Waals surface area contributed by atoms with Crippen LogP contribution >= 0.6 is 11.6 Å². The van der Waals surface area contributed by atoms with Gasteiger partial charge in [-0.1, -0.05) is 17.7 Å². The van der Waals surface area contributed by atoms with Crippen LogP contribution in [0.5, 0.6) is 0 Å². The summed E-state index contributed by atoms with van der Waals surface area (Å²) in [4.78, 5) is 7.23. The molecular formula is C15H14ClF3N6O. The Kier molecular flexibility index (Phi) is 4.99. The zero-order valence-electron chi connectivity index (χ0n) is 13.2. The molecule has 1 fully saturated rings. The Morgan fingerprint density at radius 1 is 1.31 bits per heavy atom. The molecule has 4 N–H and O–H groups in total. The van der Waals surface area contributed by atoms with Gasteiger partial charge in [-0.2, -0.15) is 13.2 Å². The standard InChI is InChI=1S/C15H14ClF3N6O/c16-13-10(15(17,18)19)7-21-14(23-13)22-11-2-1-3-12(9(11)6-20)24-25(26)8-4-5-8/h1-3,6-8,20,24,26H,4-5H2,(H,21,22,23). The summed E-state index contributed by atoms with van der Waals surface area (Å²) in [5.74, 6) is -0.147. The average molecular weight is 387 g/mol. The van der Waals surface area contributed by atoms with Crippen LogP contribution in [0.3, 0.4) is 0 Å². The van der Waals surface area contributed by atoms with Gasteiger partial charge in [0.25, 0.3) is 0 Å². The highest BCUT2D eigenvalue weighted by Gasteiger charge is 2.34. The summed E-state index contributed by atoms with van der Waals surface area (Å²) in [6.07, 6.45) is -1.30. The molecule has 0 amide bonds. The van der Waals surface area contributed by atoms with Gasteiger partial charge in [0.15, 0.2) is 0 Å². The molecule has 11 heteroatoms. The highest BCUT2D eigenvalue weighted by Crippen LogP contribution is 2.34. The Hall–Kier alpha value is -2.43. The van der Waals surface area contributed by atoms with E-state index >= 15 is 0 Å². The molecule has 1 aromatic carbocycles. The van der Waals surface area contributed by atoms with Crippen molar-refractivity contribution in [2.24, 2.45) is 0 Å². The first-order valence-electron chi connectivity index (χ1n) is 7.54. The van der Waals surface area contributed by atoms with Crippen molar-refractivity contribution in [2.45, 2.75) is 25.1 Å². The molecule has 1 aromatic heterocycles. The molecule has 0 bridgehead atoms. The molecule has 0 spiro atoms. The maximum Gasteiger partial charge on any atom is 0.420 e. The van der Waals surface area contributed by atoms with Crippen molar-refractivity contribution in [1.82, 2.24) is 15.1 Å². The van der Waals surface area contributed by atoms with E-state index in [1.54, 1.807) is 18.2 Å². The highest BCUT2D eigenvalue weighted by atomic mass is 35.5. The molecule has 138 valence electrons. The molecule has 3 rings (SSSR count). The number of halogens is 4. The monoisotopic (exact) mass is 386 g/mol. The molecule has 1 aliphatic rings. The Bertz CT molecular complexity index is 828. The number of nitrogens with zero attached hydrogens (tertiary/aromatic N) is 3. The number of aromatic nitrogens is 2. The van der Waals surface area contributed by atoms with E-state index in [-0.39, 0.29) is 12.0 Å². The molecule has 0 saturated heterocycles. The molecule has 0 atom stereocenters. The number of hydrogen-bond donors (Lipinski definition) is 4. The van der Waals surface area contributed by atoms with Gasteiger partial charge in [-0.3, -0.25) is 10.6 Å². The van der Waals surface area contributed by atoms with Gasteiger partial charge in [0.2, 0.25) is 5.95 Å². The van der Waals surface area contributed by atoms with Crippen LogP contribution in [0.4, 0.5) is 30.5 Å². The zero-order valence-corrected chi connectivity index (χ0v) is 13.9. The summed E-state index contributed by atoms with van der Waals surface area (Å²) >= 11 is 5.59. The maximum absolute atomic E-state index is 12.7. The predicted molar refractivity (Wildman–Crippen MR) is 89.9 cm³/mol. The first-order valence-corrected chi connectivity index (χ1v) is 7.92. The fourth-order valence-electron chi connectivity index (χ4n) is 2.19. The van der Waals surface area contributed by atoms with Crippen molar-refractivity contribution in [3.8, 4) is 0 Å². The summed E-state index contributed by atoms with van der Waals surface area (Å²) in [5.41, 5.74) is 2.82. The number of anilines is 3. The fourth-order valence-corrected chi connectivity index (χ4v) is 2.43. The van der Waals surface area contributed by atoms with Crippen LogP contribution in [0.2, 0.25) is 5.15 Å². The molecule has 7 nitrogen and oxygen atoms in total. The third-order valence-electron chi connectivity index (χ3n) is 3.67. The number of nitrogens with one attached hydrogen (secondary N) is 3. The van der Waals surface area contributed by atoms with Gasteiger partial charge in [0.05, 0.1) is 17.4 Å². The van der Waals surface area contributed by atoms with Gasteiger partial charge in [-0.05, 0) is 25.0 Å². The van der Waals surface area contributed by atoms with Crippen LogP contribution in [0.15, 0.2) is 24.4 Å². The summed E-state index contributed by atoms with van der Waals surface area (Å²) in [7, 11) is 0. The first-order chi connectivity index (χ1) is 12.3. The molecule has 1 aliphatic carbocycles. The largest absolute Gasteiger partial charge is 0.420 e. The second-order valence-corrected chi connectivity index (χ2v) is 5.98. The Balaban J connectivity index is 1.85. The van der Waals surface area contributed by atoms with Crippen LogP contribution in [0, 0.1) is 5.41 Å². The van der Waals surface area contributed by atoms with Crippen molar-refractivity contribution in [2.75, 3.05) is 10.7 Å². The van der Waals surface area contributed by atoms with Gasteiger partial charge in [-0.15, -0.1) is 5.17 Å². The Morgan fingerprint density at radius 3 is 2.58 bits per heavy atom. The highest BCUT2D eigenvalue weighted by molar-refractivity contribution is 6.30. The normalized spacial score (nSPS) is 14.4. The molecule has 2 aromatic rings. The van der Waals surface area contributed by atoms with E-state index in [9.17, 15) is 18.4 Å². The quantitative estimate of drug-likeness (QED) is 0.339. The van der Waals surface area contributed by atoms with Gasteiger partial charge in [-0.25, -0.2) is 9.97 Å². The fraction of sp³-hybridized carbons (Fsp3) is 0.267. The lowest BCUT2D eigenvalue weighted by Gasteiger charge is -2.19. The SMILES string of the molecule is N=Cc1c(Nc2ncc(C(F)(F)F)c(Cl)n2)cccc1NN(O)C1CC1. The third kappa shape index (κ3) is 4.03. The number of hydrazine groups is 1. The smallest absolute Gasteiger partial charge is 0.323 e. The minimum Gasteiger partial charge on any atom is -0.323 e. The lowest BCUT2D eigenvalue weighted by atomic mass is 10.1. The van der Waals surface area contributed by atoms with Gasteiger partial charge < -0.3 is 10.7 Å². The van der Waals surface area contributed by atoms with Crippen LogP contribution in [-0.2, 0) is 6.18 Å². The van der Waals surface area contributed by atoms with Crippen molar-refractivity contribution in [1.29, 1.82) is 5.41 Å². The van der Waals surface area contributed by atoms with E-state index in [1.807, 2.05) is 0 Å². The first kappa shape index (κ1) is 18.4. The summed E-state index contributed by atoms with van der Waals surface area (Å²) in [6, 6.07) is 4.91. The van der Waals surface area contributed by atoms with Crippen LogP contribution in [-0.4, -0.2) is 32.6 Å².